The number of benzene rings is 1. The molecule has 76 valence electrons. The van der Waals surface area contributed by atoms with E-state index in [0.29, 0.717) is 0 Å². The highest BCUT2D eigenvalue weighted by Gasteiger charge is 2.02. The van der Waals surface area contributed by atoms with E-state index in [9.17, 15) is 0 Å². The summed E-state index contributed by atoms with van der Waals surface area (Å²) in [5.41, 5.74) is 3.83. The lowest BCUT2D eigenvalue weighted by Gasteiger charge is -1.97. The maximum absolute atomic E-state index is 3.49. The van der Waals surface area contributed by atoms with E-state index in [1.165, 1.54) is 22.0 Å². The predicted octanol–water partition coefficient (Wildman–Crippen LogP) is 4.57. The first-order valence-corrected chi connectivity index (χ1v) is 5.71. The van der Waals surface area contributed by atoms with Crippen molar-refractivity contribution >= 4 is 26.8 Å². The summed E-state index contributed by atoms with van der Waals surface area (Å²) in [7, 11) is 0. The van der Waals surface area contributed by atoms with E-state index < -0.39 is 0 Å². The second kappa shape index (κ2) is 4.65. The van der Waals surface area contributed by atoms with E-state index in [-0.39, 0.29) is 0 Å². The minimum absolute atomic E-state index is 1.15. The molecule has 1 aromatic carbocycles. The van der Waals surface area contributed by atoms with Gasteiger partial charge in [0.25, 0.3) is 0 Å². The zero-order chi connectivity index (χ0) is 10.7. The molecular formula is C12H16BrN. The molecule has 2 rings (SSSR count). The summed E-state index contributed by atoms with van der Waals surface area (Å²) in [6.45, 7) is 8.23. The van der Waals surface area contributed by atoms with Crippen LogP contribution in [0.2, 0.25) is 0 Å². The third kappa shape index (κ3) is 2.01. The van der Waals surface area contributed by atoms with Crippen LogP contribution in [0, 0.1) is 13.8 Å². The van der Waals surface area contributed by atoms with Crippen LogP contribution < -0.4 is 0 Å². The maximum atomic E-state index is 3.49. The smallest absolute Gasteiger partial charge is 0.0487 e. The Morgan fingerprint density at radius 2 is 1.71 bits per heavy atom. The summed E-state index contributed by atoms with van der Waals surface area (Å²) in [5, 5.41) is 1.31. The lowest BCUT2D eigenvalue weighted by Crippen LogP contribution is -1.76. The highest BCUT2D eigenvalue weighted by molar-refractivity contribution is 9.10. The fraction of sp³-hybridized carbons (Fsp3) is 0.333. The molecule has 0 saturated carbocycles. The third-order valence-corrected chi connectivity index (χ3v) is 2.62. The first kappa shape index (κ1) is 11.3. The highest BCUT2D eigenvalue weighted by Crippen LogP contribution is 2.25. The van der Waals surface area contributed by atoms with Crippen molar-refractivity contribution in [2.24, 2.45) is 0 Å². The summed E-state index contributed by atoms with van der Waals surface area (Å²) in [4.78, 5) is 3.26. The Morgan fingerprint density at radius 3 is 2.36 bits per heavy atom. The van der Waals surface area contributed by atoms with Gasteiger partial charge in [0.15, 0.2) is 0 Å². The van der Waals surface area contributed by atoms with Crippen molar-refractivity contribution in [2.45, 2.75) is 27.7 Å². The molecular weight excluding hydrogens is 238 g/mol. The van der Waals surface area contributed by atoms with Gasteiger partial charge >= 0.3 is 0 Å². The summed E-state index contributed by atoms with van der Waals surface area (Å²) in [6.07, 6.45) is 2.05. The van der Waals surface area contributed by atoms with Crippen molar-refractivity contribution in [1.82, 2.24) is 4.98 Å². The van der Waals surface area contributed by atoms with Crippen LogP contribution in [0.4, 0.5) is 0 Å². The van der Waals surface area contributed by atoms with Crippen LogP contribution >= 0.6 is 15.9 Å². The molecule has 0 amide bonds. The Morgan fingerprint density at radius 1 is 1.07 bits per heavy atom. The van der Waals surface area contributed by atoms with Crippen LogP contribution in [-0.4, -0.2) is 4.98 Å². The number of aromatic amines is 1. The number of aryl methyl sites for hydroxylation is 2. The van der Waals surface area contributed by atoms with Crippen LogP contribution in [0.5, 0.6) is 0 Å². The maximum Gasteiger partial charge on any atom is 0.0487 e. The van der Waals surface area contributed by atoms with E-state index in [1.54, 1.807) is 0 Å². The fourth-order valence-corrected chi connectivity index (χ4v) is 2.08. The van der Waals surface area contributed by atoms with Crippen molar-refractivity contribution < 1.29 is 0 Å². The molecule has 0 spiro atoms. The molecule has 0 saturated heterocycles. The quantitative estimate of drug-likeness (QED) is 0.708. The van der Waals surface area contributed by atoms with E-state index in [4.69, 9.17) is 0 Å². The molecule has 0 aliphatic heterocycles. The van der Waals surface area contributed by atoms with Crippen molar-refractivity contribution in [2.75, 3.05) is 0 Å². The topological polar surface area (TPSA) is 15.8 Å². The number of nitrogens with one attached hydrogen (secondary N) is 1. The minimum Gasteiger partial charge on any atom is -0.361 e. The van der Waals surface area contributed by atoms with Gasteiger partial charge in [-0.15, -0.1) is 0 Å². The van der Waals surface area contributed by atoms with Gasteiger partial charge in [-0.2, -0.15) is 0 Å². The Labute approximate surface area is 93.7 Å². The number of aromatic nitrogens is 1. The van der Waals surface area contributed by atoms with E-state index in [0.717, 1.165) is 4.47 Å². The van der Waals surface area contributed by atoms with Crippen molar-refractivity contribution in [3.8, 4) is 0 Å². The largest absolute Gasteiger partial charge is 0.361 e. The van der Waals surface area contributed by atoms with Gasteiger partial charge in [-0.25, -0.2) is 0 Å². The second-order valence-corrected chi connectivity index (χ2v) is 4.03. The van der Waals surface area contributed by atoms with Gasteiger partial charge in [0.2, 0.25) is 0 Å². The van der Waals surface area contributed by atoms with Crippen LogP contribution in [-0.2, 0) is 0 Å². The van der Waals surface area contributed by atoms with Gasteiger partial charge < -0.3 is 4.98 Å². The molecule has 1 heterocycles. The third-order valence-electron chi connectivity index (χ3n) is 2.16. The molecule has 1 aromatic heterocycles. The standard InChI is InChI=1S/C10H10BrN.C2H6/c1-6-3-8(11)4-9-7(2)5-12-10(6)9;1-2/h3-5,12H,1-2H3;1-2H3. The highest BCUT2D eigenvalue weighted by atomic mass is 79.9. The van der Waals surface area contributed by atoms with Crippen LogP contribution in [0.25, 0.3) is 10.9 Å². The minimum atomic E-state index is 1.15. The number of rotatable bonds is 0. The predicted molar refractivity (Wildman–Crippen MR) is 66.8 cm³/mol. The van der Waals surface area contributed by atoms with Crippen LogP contribution in [0.15, 0.2) is 22.8 Å². The zero-order valence-electron chi connectivity index (χ0n) is 9.11. The molecule has 0 aliphatic rings. The summed E-state index contributed by atoms with van der Waals surface area (Å²) >= 11 is 3.49. The molecule has 0 fully saturated rings. The number of H-pyrrole nitrogens is 1. The molecule has 2 heteroatoms. The molecule has 0 unspecified atom stereocenters. The van der Waals surface area contributed by atoms with Crippen molar-refractivity contribution in [3.63, 3.8) is 0 Å². The van der Waals surface area contributed by atoms with Gasteiger partial charge in [0, 0.05) is 21.6 Å². The van der Waals surface area contributed by atoms with Crippen molar-refractivity contribution in [3.05, 3.63) is 33.9 Å². The van der Waals surface area contributed by atoms with Crippen LogP contribution in [0.1, 0.15) is 25.0 Å². The molecule has 1 N–H and O–H groups in total. The van der Waals surface area contributed by atoms with Gasteiger partial charge in [-0.3, -0.25) is 0 Å². The Balaban J connectivity index is 0.000000461. The van der Waals surface area contributed by atoms with E-state index in [2.05, 4.69) is 46.9 Å². The second-order valence-electron chi connectivity index (χ2n) is 3.12. The summed E-state index contributed by atoms with van der Waals surface area (Å²) in [6, 6.07) is 4.27. The molecule has 2 aromatic rings. The number of halogens is 1. The van der Waals surface area contributed by atoms with E-state index in [1.807, 2.05) is 20.0 Å². The van der Waals surface area contributed by atoms with Gasteiger partial charge in [-0.1, -0.05) is 29.8 Å². The Hall–Kier alpha value is -0.760. The average molecular weight is 254 g/mol. The summed E-state index contributed by atoms with van der Waals surface area (Å²) in [5.74, 6) is 0. The first-order chi connectivity index (χ1) is 6.68. The molecule has 0 aliphatic carbocycles. The zero-order valence-corrected chi connectivity index (χ0v) is 10.7. The normalized spacial score (nSPS) is 9.79. The number of fused-ring (bicyclic) bond motifs is 1. The molecule has 14 heavy (non-hydrogen) atoms. The van der Waals surface area contributed by atoms with Gasteiger partial charge in [0.1, 0.15) is 0 Å². The van der Waals surface area contributed by atoms with Crippen molar-refractivity contribution in [1.29, 1.82) is 0 Å². The molecule has 0 atom stereocenters. The summed E-state index contributed by atoms with van der Waals surface area (Å²) < 4.78 is 1.15. The first-order valence-electron chi connectivity index (χ1n) is 4.92. The fourth-order valence-electron chi connectivity index (χ4n) is 1.50. The van der Waals surface area contributed by atoms with Gasteiger partial charge in [-0.05, 0) is 37.1 Å². The monoisotopic (exact) mass is 253 g/mol. The van der Waals surface area contributed by atoms with Crippen LogP contribution in [0.3, 0.4) is 0 Å². The lowest BCUT2D eigenvalue weighted by molar-refractivity contribution is 1.39. The number of hydrogen-bond donors (Lipinski definition) is 1. The van der Waals surface area contributed by atoms with Gasteiger partial charge in [0.05, 0.1) is 0 Å². The molecule has 0 radical (unpaired) electrons. The molecule has 0 bridgehead atoms. The molecule has 1 nitrogen and oxygen atoms in total. The van der Waals surface area contributed by atoms with E-state index >= 15 is 0 Å². The Bertz CT molecular complexity index is 429. The SMILES string of the molecule is CC.Cc1c[nH]c2c(C)cc(Br)cc12. The average Bonchev–Trinajstić information content (AvgIpc) is 2.52. The number of hydrogen-bond acceptors (Lipinski definition) is 0. The Kier molecular flexibility index (Phi) is 3.76. The lowest BCUT2D eigenvalue weighted by atomic mass is 10.1.